The van der Waals surface area contributed by atoms with Gasteiger partial charge in [0, 0.05) is 12.2 Å². The zero-order valence-corrected chi connectivity index (χ0v) is 20.6. The van der Waals surface area contributed by atoms with Crippen molar-refractivity contribution in [3.63, 3.8) is 0 Å². The molecule has 34 heavy (non-hydrogen) atoms. The molecule has 0 spiro atoms. The van der Waals surface area contributed by atoms with Crippen molar-refractivity contribution in [3.05, 3.63) is 59.2 Å². The molecule has 5 nitrogen and oxygen atoms in total. The second-order valence-corrected chi connectivity index (χ2v) is 14.1. The first kappa shape index (κ1) is 25.0. The Kier molecular flexibility index (Phi) is 6.29. The zero-order valence-electron chi connectivity index (χ0n) is 19.0. The van der Waals surface area contributed by atoms with Crippen LogP contribution >= 0.6 is 0 Å². The predicted octanol–water partition coefficient (Wildman–Crippen LogP) is 4.74. The Morgan fingerprint density at radius 3 is 2.26 bits per heavy atom. The molecular weight excluding hydrogens is 489 g/mol. The zero-order chi connectivity index (χ0) is 24.9. The van der Waals surface area contributed by atoms with Gasteiger partial charge in [-0.3, -0.25) is 0 Å². The van der Waals surface area contributed by atoms with Gasteiger partial charge in [-0.25, -0.2) is 30.0 Å². The second kappa shape index (κ2) is 8.55. The van der Waals surface area contributed by atoms with E-state index in [0.29, 0.717) is 18.4 Å². The number of alkyl halides is 1. The lowest BCUT2D eigenvalue weighted by molar-refractivity contribution is 0.00902. The van der Waals surface area contributed by atoms with Crippen molar-refractivity contribution >= 4 is 19.7 Å². The Hall–Kier alpha value is -2.07. The molecule has 2 aliphatic rings. The summed E-state index contributed by atoms with van der Waals surface area (Å²) in [4.78, 5) is -0.126. The molecule has 0 radical (unpaired) electrons. The second-order valence-electron chi connectivity index (χ2n) is 9.65. The molecule has 10 heteroatoms. The van der Waals surface area contributed by atoms with Crippen LogP contribution in [0.3, 0.4) is 0 Å². The van der Waals surface area contributed by atoms with Crippen LogP contribution in [-0.2, 0) is 31.1 Å². The van der Waals surface area contributed by atoms with Crippen LogP contribution in [-0.4, -0.2) is 35.5 Å². The molecule has 1 heterocycles. The maximum Gasteiger partial charge on any atom is 0.188 e. The van der Waals surface area contributed by atoms with E-state index >= 15 is 4.39 Å². The predicted molar refractivity (Wildman–Crippen MR) is 122 cm³/mol. The topological polar surface area (TPSA) is 77.5 Å². The molecule has 186 valence electrons. The summed E-state index contributed by atoms with van der Waals surface area (Å²) in [7, 11) is -7.69. The number of sulfone groups is 2. The summed E-state index contributed by atoms with van der Waals surface area (Å²) < 4.78 is 99.5. The number of hydrogen-bond donors (Lipinski definition) is 0. The lowest BCUT2D eigenvalue weighted by atomic mass is 9.58. The van der Waals surface area contributed by atoms with Crippen LogP contribution < -0.4 is 4.74 Å². The van der Waals surface area contributed by atoms with Gasteiger partial charge in [0.05, 0.1) is 22.8 Å². The molecule has 1 fully saturated rings. The van der Waals surface area contributed by atoms with Gasteiger partial charge in [-0.1, -0.05) is 25.5 Å². The SMILES string of the molecule is C[C@]1(CCS(C)(=O)=O)CCC[C@]2(S(=O)(=O)c3ccc(CF)cc3)c3c(F)ccc(F)c3OC[C@H]12. The molecule has 2 aromatic carbocycles. The molecule has 0 unspecified atom stereocenters. The lowest BCUT2D eigenvalue weighted by Crippen LogP contribution is -2.57. The lowest BCUT2D eigenvalue weighted by Gasteiger charge is -2.55. The number of benzene rings is 2. The molecule has 1 aliphatic heterocycles. The van der Waals surface area contributed by atoms with Gasteiger partial charge in [-0.2, -0.15) is 0 Å². The van der Waals surface area contributed by atoms with Crippen LogP contribution in [0.15, 0.2) is 41.3 Å². The minimum atomic E-state index is -4.34. The van der Waals surface area contributed by atoms with E-state index in [-0.39, 0.29) is 35.7 Å². The number of hydrogen-bond acceptors (Lipinski definition) is 5. The van der Waals surface area contributed by atoms with Gasteiger partial charge in [0.25, 0.3) is 0 Å². The van der Waals surface area contributed by atoms with Crippen molar-refractivity contribution in [1.82, 2.24) is 0 Å². The summed E-state index contributed by atoms with van der Waals surface area (Å²) in [5, 5.41) is 0. The Morgan fingerprint density at radius 2 is 1.65 bits per heavy atom. The number of fused-ring (bicyclic) bond motifs is 3. The van der Waals surface area contributed by atoms with Crippen molar-refractivity contribution in [3.8, 4) is 5.75 Å². The van der Waals surface area contributed by atoms with Gasteiger partial charge < -0.3 is 4.74 Å². The van der Waals surface area contributed by atoms with E-state index in [2.05, 4.69) is 0 Å². The van der Waals surface area contributed by atoms with Gasteiger partial charge in [0.1, 0.15) is 27.1 Å². The Morgan fingerprint density at radius 1 is 1.00 bits per heavy atom. The maximum atomic E-state index is 15.4. The third-order valence-electron chi connectivity index (χ3n) is 7.49. The fourth-order valence-electron chi connectivity index (χ4n) is 5.68. The van der Waals surface area contributed by atoms with Crippen LogP contribution in [0, 0.1) is 23.0 Å². The Labute approximate surface area is 198 Å². The van der Waals surface area contributed by atoms with E-state index in [9.17, 15) is 25.6 Å². The van der Waals surface area contributed by atoms with Gasteiger partial charge in [-0.05, 0) is 54.5 Å². The van der Waals surface area contributed by atoms with Crippen LogP contribution in [0.5, 0.6) is 5.75 Å². The average molecular weight is 517 g/mol. The smallest absolute Gasteiger partial charge is 0.188 e. The monoisotopic (exact) mass is 516 g/mol. The van der Waals surface area contributed by atoms with E-state index in [4.69, 9.17) is 4.74 Å². The largest absolute Gasteiger partial charge is 0.490 e. The van der Waals surface area contributed by atoms with Crippen LogP contribution in [0.4, 0.5) is 13.2 Å². The summed E-state index contributed by atoms with van der Waals surface area (Å²) in [6.07, 6.45) is 2.17. The van der Waals surface area contributed by atoms with Crippen LogP contribution in [0.2, 0.25) is 0 Å². The fourth-order valence-corrected chi connectivity index (χ4v) is 9.03. The third-order valence-corrected chi connectivity index (χ3v) is 11.0. The van der Waals surface area contributed by atoms with E-state index in [1.54, 1.807) is 6.92 Å². The molecule has 0 bridgehead atoms. The minimum absolute atomic E-state index is 0.0239. The molecular formula is C24H27F3O5S2. The van der Waals surface area contributed by atoms with Gasteiger partial charge >= 0.3 is 0 Å². The molecule has 3 atom stereocenters. The molecule has 0 aromatic heterocycles. The third kappa shape index (κ3) is 3.92. The minimum Gasteiger partial charge on any atom is -0.490 e. The highest BCUT2D eigenvalue weighted by Crippen LogP contribution is 2.62. The number of rotatable bonds is 6. The van der Waals surface area contributed by atoms with Gasteiger partial charge in [-0.15, -0.1) is 0 Å². The Bertz CT molecular complexity index is 1310. The number of halogens is 3. The highest BCUT2D eigenvalue weighted by atomic mass is 32.2. The standard InChI is InChI=1S/C24H27F3O5S2/c1-23(12-13-33(2,28)29)10-3-11-24(34(30,31)17-6-4-16(14-25)5-7-17)20(23)15-32-22-19(27)9-8-18(26)21(22)24/h4-9,20H,3,10-15H2,1-2H3/t20-,23-,24-/m1/s1. The first-order chi connectivity index (χ1) is 15.9. The van der Waals surface area contributed by atoms with Crippen molar-refractivity contribution in [1.29, 1.82) is 0 Å². The quantitative estimate of drug-likeness (QED) is 0.555. The van der Waals surface area contributed by atoms with Crippen molar-refractivity contribution in [2.75, 3.05) is 18.6 Å². The molecule has 0 amide bonds. The summed E-state index contributed by atoms with van der Waals surface area (Å²) in [5.74, 6) is -3.17. The summed E-state index contributed by atoms with van der Waals surface area (Å²) in [5.41, 5.74) is -0.883. The highest BCUT2D eigenvalue weighted by molar-refractivity contribution is 7.92. The molecule has 0 N–H and O–H groups in total. The first-order valence-electron chi connectivity index (χ1n) is 11.0. The Balaban J connectivity index is 1.98. The van der Waals surface area contributed by atoms with Crippen molar-refractivity contribution in [2.45, 2.75) is 48.9 Å². The molecule has 1 aliphatic carbocycles. The van der Waals surface area contributed by atoms with Gasteiger partial charge in [0.15, 0.2) is 21.4 Å². The molecule has 0 saturated heterocycles. The number of ether oxygens (including phenoxy) is 1. The van der Waals surface area contributed by atoms with Crippen LogP contribution in [0.1, 0.15) is 43.7 Å². The summed E-state index contributed by atoms with van der Waals surface area (Å²) in [6, 6.07) is 7.07. The molecule has 1 saturated carbocycles. The van der Waals surface area contributed by atoms with Crippen molar-refractivity contribution < 1.29 is 34.7 Å². The average Bonchev–Trinajstić information content (AvgIpc) is 2.79. The normalized spacial score (nSPS) is 26.9. The van der Waals surface area contributed by atoms with E-state index in [1.807, 2.05) is 0 Å². The maximum absolute atomic E-state index is 15.4. The first-order valence-corrected chi connectivity index (χ1v) is 14.6. The fraction of sp³-hybridized carbons (Fsp3) is 0.500. The van der Waals surface area contributed by atoms with Crippen LogP contribution in [0.25, 0.3) is 0 Å². The molecule has 4 rings (SSSR count). The highest BCUT2D eigenvalue weighted by Gasteiger charge is 2.63. The van der Waals surface area contributed by atoms with Gasteiger partial charge in [0.2, 0.25) is 0 Å². The van der Waals surface area contributed by atoms with E-state index in [1.165, 1.54) is 24.3 Å². The molecule has 2 aromatic rings. The van der Waals surface area contributed by atoms with E-state index < -0.39 is 59.8 Å². The summed E-state index contributed by atoms with van der Waals surface area (Å²) in [6.45, 7) is 0.827. The summed E-state index contributed by atoms with van der Waals surface area (Å²) >= 11 is 0. The van der Waals surface area contributed by atoms with E-state index in [0.717, 1.165) is 18.4 Å². The van der Waals surface area contributed by atoms with Crippen molar-refractivity contribution in [2.24, 2.45) is 11.3 Å².